The van der Waals surface area contributed by atoms with Gasteiger partial charge in [0.05, 0.1) is 5.38 Å². The van der Waals surface area contributed by atoms with Gasteiger partial charge in [0.25, 0.3) is 0 Å². The maximum absolute atomic E-state index is 3.42. The molecule has 0 radical (unpaired) electrons. The lowest BCUT2D eigenvalue weighted by molar-refractivity contribution is -0.683. The number of aromatic nitrogens is 1. The summed E-state index contributed by atoms with van der Waals surface area (Å²) in [4.78, 5) is 0. The average Bonchev–Trinajstić information content (AvgIpc) is 2.62. The molecule has 0 aliphatic carbocycles. The fourth-order valence-corrected chi connectivity index (χ4v) is 2.01. The summed E-state index contributed by atoms with van der Waals surface area (Å²) in [5.41, 5.74) is 3.44. The molecule has 0 amide bonds. The van der Waals surface area contributed by atoms with Gasteiger partial charge in [-0.05, 0) is 12.1 Å². The monoisotopic (exact) mass is 254 g/mol. The molecule has 66 valence electrons. The van der Waals surface area contributed by atoms with Gasteiger partial charge in [0.15, 0.2) is 12.7 Å². The Morgan fingerprint density at radius 1 is 1.23 bits per heavy atom. The van der Waals surface area contributed by atoms with E-state index >= 15 is 0 Å². The van der Waals surface area contributed by atoms with Crippen LogP contribution in [0.1, 0.15) is 5.56 Å². The van der Waals surface area contributed by atoms with Crippen molar-refractivity contribution in [2.75, 3.05) is 0 Å². The molecule has 2 rings (SSSR count). The number of halogens is 1. The van der Waals surface area contributed by atoms with E-state index in [0.29, 0.717) is 0 Å². The first-order valence-electron chi connectivity index (χ1n) is 4.00. The van der Waals surface area contributed by atoms with Crippen LogP contribution in [-0.4, -0.2) is 0 Å². The van der Waals surface area contributed by atoms with E-state index in [1.165, 1.54) is 5.56 Å². The molecular formula is C10H9BrNS+. The van der Waals surface area contributed by atoms with Crippen molar-refractivity contribution in [3.05, 3.63) is 51.4 Å². The van der Waals surface area contributed by atoms with Crippen LogP contribution in [0.25, 0.3) is 0 Å². The van der Waals surface area contributed by atoms with E-state index < -0.39 is 0 Å². The first-order valence-corrected chi connectivity index (χ1v) is 5.74. The van der Waals surface area contributed by atoms with Crippen LogP contribution in [-0.2, 0) is 6.54 Å². The van der Waals surface area contributed by atoms with Gasteiger partial charge in [-0.2, -0.15) is 4.57 Å². The smallest absolute Gasteiger partial charge is 0.191 e. The molecule has 0 saturated heterocycles. The average molecular weight is 255 g/mol. The van der Waals surface area contributed by atoms with Crippen molar-refractivity contribution in [1.29, 1.82) is 0 Å². The van der Waals surface area contributed by atoms with E-state index in [0.717, 1.165) is 11.0 Å². The third-order valence-corrected chi connectivity index (χ3v) is 3.01. The standard InChI is InChI=1S/C10H9BrNS/c11-10-3-1-9(2-4-10)7-12-5-6-13-8-12/h1-6,8H,7H2/q+1. The third kappa shape index (κ3) is 2.39. The first kappa shape index (κ1) is 8.91. The second-order valence-electron chi connectivity index (χ2n) is 2.83. The van der Waals surface area contributed by atoms with Crippen molar-refractivity contribution < 1.29 is 4.57 Å². The van der Waals surface area contributed by atoms with E-state index in [2.05, 4.69) is 61.8 Å². The number of thiazole rings is 1. The summed E-state index contributed by atoms with van der Waals surface area (Å²) in [5, 5.41) is 2.08. The van der Waals surface area contributed by atoms with Crippen LogP contribution in [0.3, 0.4) is 0 Å². The van der Waals surface area contributed by atoms with Gasteiger partial charge in [-0.15, -0.1) is 0 Å². The fraction of sp³-hybridized carbons (Fsp3) is 0.100. The van der Waals surface area contributed by atoms with Gasteiger partial charge in [0, 0.05) is 10.0 Å². The summed E-state index contributed by atoms with van der Waals surface area (Å²) < 4.78 is 3.31. The molecule has 0 fully saturated rings. The van der Waals surface area contributed by atoms with Crippen LogP contribution in [0.15, 0.2) is 45.8 Å². The molecule has 0 atom stereocenters. The van der Waals surface area contributed by atoms with Gasteiger partial charge in [-0.3, -0.25) is 0 Å². The molecule has 1 nitrogen and oxygen atoms in total. The molecule has 13 heavy (non-hydrogen) atoms. The molecule has 0 N–H and O–H groups in total. The Bertz CT molecular complexity index is 366. The minimum Gasteiger partial charge on any atom is -0.191 e. The largest absolute Gasteiger partial charge is 0.224 e. The Labute approximate surface area is 89.8 Å². The molecule has 0 aliphatic rings. The zero-order chi connectivity index (χ0) is 9.10. The van der Waals surface area contributed by atoms with Crippen LogP contribution in [0, 0.1) is 0 Å². The molecule has 1 heterocycles. The van der Waals surface area contributed by atoms with E-state index in [9.17, 15) is 0 Å². The lowest BCUT2D eigenvalue weighted by Gasteiger charge is -1.94. The second-order valence-corrected chi connectivity index (χ2v) is 4.50. The number of hydrogen-bond acceptors (Lipinski definition) is 1. The summed E-state index contributed by atoms with van der Waals surface area (Å²) >= 11 is 5.13. The summed E-state index contributed by atoms with van der Waals surface area (Å²) in [5.74, 6) is 0. The Morgan fingerprint density at radius 3 is 2.62 bits per heavy atom. The highest BCUT2D eigenvalue weighted by Crippen LogP contribution is 2.10. The maximum Gasteiger partial charge on any atom is 0.224 e. The molecular weight excluding hydrogens is 246 g/mol. The minimum atomic E-state index is 0.955. The van der Waals surface area contributed by atoms with Crippen molar-refractivity contribution in [2.45, 2.75) is 6.54 Å². The minimum absolute atomic E-state index is 0.955. The first-order chi connectivity index (χ1) is 6.34. The van der Waals surface area contributed by atoms with Crippen LogP contribution < -0.4 is 4.57 Å². The van der Waals surface area contributed by atoms with Crippen molar-refractivity contribution in [3.8, 4) is 0 Å². The van der Waals surface area contributed by atoms with Gasteiger partial charge < -0.3 is 0 Å². The van der Waals surface area contributed by atoms with E-state index in [1.807, 2.05) is 0 Å². The van der Waals surface area contributed by atoms with Crippen LogP contribution >= 0.6 is 27.3 Å². The lowest BCUT2D eigenvalue weighted by atomic mass is 10.2. The SMILES string of the molecule is Brc1ccc(C[n+]2ccsc2)cc1. The molecule has 1 aromatic carbocycles. The number of hydrogen-bond donors (Lipinski definition) is 0. The molecule has 0 saturated carbocycles. The molecule has 1 aromatic heterocycles. The van der Waals surface area contributed by atoms with Crippen molar-refractivity contribution in [1.82, 2.24) is 0 Å². The van der Waals surface area contributed by atoms with Crippen molar-refractivity contribution in [2.24, 2.45) is 0 Å². The lowest BCUT2D eigenvalue weighted by Crippen LogP contribution is -2.30. The highest BCUT2D eigenvalue weighted by molar-refractivity contribution is 9.10. The van der Waals surface area contributed by atoms with Crippen molar-refractivity contribution >= 4 is 27.3 Å². The Morgan fingerprint density at radius 2 is 2.00 bits per heavy atom. The maximum atomic E-state index is 3.42. The fourth-order valence-electron chi connectivity index (χ4n) is 1.15. The number of benzene rings is 1. The Hall–Kier alpha value is -0.670. The van der Waals surface area contributed by atoms with Gasteiger partial charge in [0.2, 0.25) is 5.51 Å². The normalized spacial score (nSPS) is 10.2. The number of nitrogens with zero attached hydrogens (tertiary/aromatic N) is 1. The summed E-state index contributed by atoms with van der Waals surface area (Å²) in [6, 6.07) is 8.41. The van der Waals surface area contributed by atoms with E-state index in [1.54, 1.807) is 11.3 Å². The zero-order valence-electron chi connectivity index (χ0n) is 6.98. The highest BCUT2D eigenvalue weighted by Gasteiger charge is 2.01. The predicted molar refractivity (Wildman–Crippen MR) is 57.8 cm³/mol. The zero-order valence-corrected chi connectivity index (χ0v) is 9.38. The van der Waals surface area contributed by atoms with E-state index in [-0.39, 0.29) is 0 Å². The summed E-state index contributed by atoms with van der Waals surface area (Å²) in [6.45, 7) is 0.955. The van der Waals surface area contributed by atoms with Crippen LogP contribution in [0.2, 0.25) is 0 Å². The van der Waals surface area contributed by atoms with Gasteiger partial charge in [0.1, 0.15) is 0 Å². The van der Waals surface area contributed by atoms with Gasteiger partial charge in [-0.1, -0.05) is 39.4 Å². The summed E-state index contributed by atoms with van der Waals surface area (Å²) in [6.07, 6.45) is 2.09. The second kappa shape index (κ2) is 4.03. The van der Waals surface area contributed by atoms with E-state index in [4.69, 9.17) is 0 Å². The van der Waals surface area contributed by atoms with Crippen LogP contribution in [0.4, 0.5) is 0 Å². The predicted octanol–water partition coefficient (Wildman–Crippen LogP) is 2.85. The molecule has 0 unspecified atom stereocenters. The Kier molecular flexibility index (Phi) is 2.76. The molecule has 2 aromatic rings. The van der Waals surface area contributed by atoms with Gasteiger partial charge >= 0.3 is 0 Å². The highest BCUT2D eigenvalue weighted by atomic mass is 79.9. The molecule has 0 bridgehead atoms. The van der Waals surface area contributed by atoms with Crippen molar-refractivity contribution in [3.63, 3.8) is 0 Å². The number of rotatable bonds is 2. The topological polar surface area (TPSA) is 3.88 Å². The molecule has 0 aliphatic heterocycles. The summed E-state index contributed by atoms with van der Waals surface area (Å²) in [7, 11) is 0. The molecule has 3 heteroatoms. The third-order valence-electron chi connectivity index (χ3n) is 1.81. The van der Waals surface area contributed by atoms with Gasteiger partial charge in [-0.25, -0.2) is 0 Å². The van der Waals surface area contributed by atoms with Crippen LogP contribution in [0.5, 0.6) is 0 Å². The quantitative estimate of drug-likeness (QED) is 0.726. The molecule has 0 spiro atoms. The Balaban J connectivity index is 2.15.